The standard InChI is InChI=1S/C19H25N3O5S/c1-13-19(24)20-16-10-15(6-7-17(16)27-13)28(25,26)22-9-2-4-14(12-22)11-21-8-3-5-18(21)23/h6-7,10,13-14H,2-5,8-9,11-12H2,1H3,(H,20,24). The van der Waals surface area contributed by atoms with Crippen molar-refractivity contribution in [2.45, 2.75) is 43.6 Å². The van der Waals surface area contributed by atoms with E-state index in [1.54, 1.807) is 13.0 Å². The van der Waals surface area contributed by atoms with E-state index in [4.69, 9.17) is 4.74 Å². The van der Waals surface area contributed by atoms with E-state index in [1.807, 2.05) is 4.90 Å². The molecule has 0 radical (unpaired) electrons. The molecule has 28 heavy (non-hydrogen) atoms. The van der Waals surface area contributed by atoms with E-state index >= 15 is 0 Å². The van der Waals surface area contributed by atoms with Gasteiger partial charge >= 0.3 is 0 Å². The maximum absolute atomic E-state index is 13.2. The van der Waals surface area contributed by atoms with Crippen LogP contribution in [0.15, 0.2) is 23.1 Å². The molecular weight excluding hydrogens is 382 g/mol. The average molecular weight is 407 g/mol. The second kappa shape index (κ2) is 7.36. The molecule has 2 fully saturated rings. The molecule has 152 valence electrons. The van der Waals surface area contributed by atoms with Crippen molar-refractivity contribution in [2.75, 3.05) is 31.5 Å². The highest BCUT2D eigenvalue weighted by Crippen LogP contribution is 2.33. The van der Waals surface area contributed by atoms with Gasteiger partial charge in [-0.2, -0.15) is 4.31 Å². The van der Waals surface area contributed by atoms with E-state index in [1.165, 1.54) is 16.4 Å². The van der Waals surface area contributed by atoms with E-state index in [9.17, 15) is 18.0 Å². The van der Waals surface area contributed by atoms with E-state index in [0.29, 0.717) is 37.5 Å². The molecule has 0 saturated carbocycles. The van der Waals surface area contributed by atoms with Gasteiger partial charge in [-0.05, 0) is 50.3 Å². The molecule has 1 aromatic carbocycles. The van der Waals surface area contributed by atoms with Crippen molar-refractivity contribution < 1.29 is 22.7 Å². The quantitative estimate of drug-likeness (QED) is 0.815. The molecule has 0 bridgehead atoms. The van der Waals surface area contributed by atoms with Crippen molar-refractivity contribution in [1.29, 1.82) is 0 Å². The summed E-state index contributed by atoms with van der Waals surface area (Å²) in [6.45, 7) is 3.90. The molecule has 0 spiro atoms. The van der Waals surface area contributed by atoms with Crippen LogP contribution in [0.25, 0.3) is 0 Å². The normalized spacial score (nSPS) is 26.0. The summed E-state index contributed by atoms with van der Waals surface area (Å²) in [5, 5.41) is 2.70. The van der Waals surface area contributed by atoms with Gasteiger partial charge in [0.1, 0.15) is 5.75 Å². The maximum atomic E-state index is 13.2. The minimum atomic E-state index is -3.68. The van der Waals surface area contributed by atoms with Crippen LogP contribution < -0.4 is 10.1 Å². The second-order valence-corrected chi connectivity index (χ2v) is 9.66. The lowest BCUT2D eigenvalue weighted by Crippen LogP contribution is -2.44. The number of carbonyl (C=O) groups excluding carboxylic acids is 2. The Hall–Kier alpha value is -2.13. The Kier molecular flexibility index (Phi) is 5.05. The largest absolute Gasteiger partial charge is 0.479 e. The van der Waals surface area contributed by atoms with Crippen molar-refractivity contribution in [2.24, 2.45) is 5.92 Å². The Labute approximate surface area is 164 Å². The number of benzene rings is 1. The molecule has 3 aliphatic rings. The third kappa shape index (κ3) is 3.60. The minimum Gasteiger partial charge on any atom is -0.479 e. The van der Waals surface area contributed by atoms with Gasteiger partial charge in [-0.1, -0.05) is 0 Å². The van der Waals surface area contributed by atoms with Crippen molar-refractivity contribution in [3.63, 3.8) is 0 Å². The zero-order chi connectivity index (χ0) is 19.9. The van der Waals surface area contributed by atoms with Crippen LogP contribution in [0.5, 0.6) is 5.75 Å². The van der Waals surface area contributed by atoms with E-state index < -0.39 is 16.1 Å². The van der Waals surface area contributed by atoms with Crippen LogP contribution in [0.4, 0.5) is 5.69 Å². The molecule has 3 heterocycles. The predicted octanol–water partition coefficient (Wildman–Crippen LogP) is 1.43. The fraction of sp³-hybridized carbons (Fsp3) is 0.579. The first-order valence-electron chi connectivity index (χ1n) is 9.74. The van der Waals surface area contributed by atoms with Crippen LogP contribution in [0.1, 0.15) is 32.6 Å². The van der Waals surface area contributed by atoms with E-state index in [0.717, 1.165) is 25.8 Å². The molecule has 8 nitrogen and oxygen atoms in total. The zero-order valence-corrected chi connectivity index (χ0v) is 16.7. The predicted molar refractivity (Wildman–Crippen MR) is 102 cm³/mol. The lowest BCUT2D eigenvalue weighted by atomic mass is 9.99. The van der Waals surface area contributed by atoms with Crippen LogP contribution in [0, 0.1) is 5.92 Å². The van der Waals surface area contributed by atoms with Crippen LogP contribution >= 0.6 is 0 Å². The summed E-state index contributed by atoms with van der Waals surface area (Å²) in [5.74, 6) is 0.484. The van der Waals surface area contributed by atoms with Crippen LogP contribution in [-0.2, 0) is 19.6 Å². The average Bonchev–Trinajstić information content (AvgIpc) is 3.07. The Morgan fingerprint density at radius 1 is 1.21 bits per heavy atom. The summed E-state index contributed by atoms with van der Waals surface area (Å²) in [6, 6.07) is 4.57. The van der Waals surface area contributed by atoms with Crippen molar-refractivity contribution in [3.8, 4) is 5.75 Å². The molecule has 0 aliphatic carbocycles. The lowest BCUT2D eigenvalue weighted by Gasteiger charge is -2.34. The monoisotopic (exact) mass is 407 g/mol. The van der Waals surface area contributed by atoms with E-state index in [2.05, 4.69) is 5.32 Å². The SMILES string of the molecule is CC1Oc2ccc(S(=O)(=O)N3CCCC(CN4CCCC4=O)C3)cc2NC1=O. The Morgan fingerprint density at radius 3 is 2.79 bits per heavy atom. The second-order valence-electron chi connectivity index (χ2n) is 7.72. The molecule has 1 aromatic rings. The summed E-state index contributed by atoms with van der Waals surface area (Å²) in [7, 11) is -3.68. The van der Waals surface area contributed by atoms with Gasteiger partial charge < -0.3 is 15.0 Å². The third-order valence-corrected chi connectivity index (χ3v) is 7.51. The minimum absolute atomic E-state index is 0.141. The highest BCUT2D eigenvalue weighted by molar-refractivity contribution is 7.89. The molecule has 9 heteroatoms. The molecule has 2 atom stereocenters. The van der Waals surface area contributed by atoms with Crippen LogP contribution in [0.2, 0.25) is 0 Å². The molecule has 3 aliphatic heterocycles. The summed E-state index contributed by atoms with van der Waals surface area (Å²) < 4.78 is 33.3. The Bertz CT molecular complexity index is 901. The first-order chi connectivity index (χ1) is 13.3. The number of fused-ring (bicyclic) bond motifs is 1. The summed E-state index contributed by atoms with van der Waals surface area (Å²) >= 11 is 0. The van der Waals surface area contributed by atoms with Gasteiger partial charge in [-0.3, -0.25) is 9.59 Å². The topological polar surface area (TPSA) is 96.0 Å². The molecule has 0 aromatic heterocycles. The zero-order valence-electron chi connectivity index (χ0n) is 15.9. The number of piperidine rings is 1. The van der Waals surface area contributed by atoms with Crippen LogP contribution in [0.3, 0.4) is 0 Å². The Morgan fingerprint density at radius 2 is 2.04 bits per heavy atom. The summed E-state index contributed by atoms with van der Waals surface area (Å²) in [4.78, 5) is 25.7. The molecule has 1 N–H and O–H groups in total. The van der Waals surface area contributed by atoms with Gasteiger partial charge in [0.2, 0.25) is 15.9 Å². The number of rotatable bonds is 4. The summed E-state index contributed by atoms with van der Waals surface area (Å²) in [5.41, 5.74) is 0.375. The fourth-order valence-corrected chi connectivity index (χ4v) is 5.68. The lowest BCUT2D eigenvalue weighted by molar-refractivity contribution is -0.128. The first kappa shape index (κ1) is 19.2. The fourth-order valence-electron chi connectivity index (χ4n) is 4.10. The summed E-state index contributed by atoms with van der Waals surface area (Å²) in [6.07, 6.45) is 2.56. The highest BCUT2D eigenvalue weighted by atomic mass is 32.2. The van der Waals surface area contributed by atoms with Crippen molar-refractivity contribution in [1.82, 2.24) is 9.21 Å². The number of anilines is 1. The number of amides is 2. The number of hydrogen-bond donors (Lipinski definition) is 1. The number of nitrogens with zero attached hydrogens (tertiary/aromatic N) is 2. The van der Waals surface area contributed by atoms with Crippen molar-refractivity contribution in [3.05, 3.63) is 18.2 Å². The number of likely N-dealkylation sites (tertiary alicyclic amines) is 1. The molecule has 4 rings (SSSR count). The first-order valence-corrected chi connectivity index (χ1v) is 11.2. The number of hydrogen-bond acceptors (Lipinski definition) is 5. The van der Waals surface area contributed by atoms with Gasteiger partial charge in [0, 0.05) is 32.6 Å². The van der Waals surface area contributed by atoms with Gasteiger partial charge in [-0.25, -0.2) is 8.42 Å². The highest BCUT2D eigenvalue weighted by Gasteiger charge is 2.33. The van der Waals surface area contributed by atoms with Gasteiger partial charge in [0.05, 0.1) is 10.6 Å². The van der Waals surface area contributed by atoms with Gasteiger partial charge in [0.15, 0.2) is 6.10 Å². The smallest absolute Gasteiger partial charge is 0.265 e. The van der Waals surface area contributed by atoms with Gasteiger partial charge in [-0.15, -0.1) is 0 Å². The molecule has 2 saturated heterocycles. The number of ether oxygens (including phenoxy) is 1. The van der Waals surface area contributed by atoms with Gasteiger partial charge in [0.25, 0.3) is 5.91 Å². The number of sulfonamides is 1. The molecule has 2 amide bonds. The van der Waals surface area contributed by atoms with Crippen molar-refractivity contribution >= 4 is 27.5 Å². The maximum Gasteiger partial charge on any atom is 0.265 e. The number of nitrogens with one attached hydrogen (secondary N) is 1. The molecule has 2 unspecified atom stereocenters. The van der Waals surface area contributed by atoms with Crippen LogP contribution in [-0.4, -0.2) is 61.7 Å². The molecular formula is C19H25N3O5S. The third-order valence-electron chi connectivity index (χ3n) is 5.65. The van der Waals surface area contributed by atoms with E-state index in [-0.39, 0.29) is 22.6 Å². The number of carbonyl (C=O) groups is 2. The Balaban J connectivity index is 1.50.